The number of hydrazone groups is 1. The Labute approximate surface area is 166 Å². The van der Waals surface area contributed by atoms with Crippen LogP contribution in [0.2, 0.25) is 0 Å². The van der Waals surface area contributed by atoms with E-state index in [1.165, 1.54) is 30.7 Å². The van der Waals surface area contributed by atoms with Crippen molar-refractivity contribution in [3.8, 4) is 6.07 Å². The molecule has 1 aromatic rings. The van der Waals surface area contributed by atoms with Crippen LogP contribution in [0.3, 0.4) is 0 Å². The molecule has 8 heteroatoms. The zero-order valence-corrected chi connectivity index (χ0v) is 17.3. The van der Waals surface area contributed by atoms with Crippen molar-refractivity contribution in [2.24, 2.45) is 21.8 Å². The Kier molecular flexibility index (Phi) is 5.34. The molecule has 2 fully saturated rings. The molecule has 7 nitrogen and oxygen atoms in total. The van der Waals surface area contributed by atoms with Gasteiger partial charge in [-0.25, -0.2) is 18.6 Å². The number of hydrogen-bond donors (Lipinski definition) is 2. The summed E-state index contributed by atoms with van der Waals surface area (Å²) in [5.41, 5.74) is 4.22. The monoisotopic (exact) mass is 402 g/mol. The van der Waals surface area contributed by atoms with Gasteiger partial charge < -0.3 is 0 Å². The summed E-state index contributed by atoms with van der Waals surface area (Å²) in [4.78, 5) is 12.5. The van der Waals surface area contributed by atoms with E-state index < -0.39 is 10.0 Å². The predicted octanol–water partition coefficient (Wildman–Crippen LogP) is 2.81. The Hall–Kier alpha value is -2.24. The van der Waals surface area contributed by atoms with Gasteiger partial charge in [-0.1, -0.05) is 20.8 Å². The number of nitrogens with zero attached hydrogens (tertiary/aromatic N) is 2. The molecule has 0 heterocycles. The molecule has 0 aromatic heterocycles. The van der Waals surface area contributed by atoms with Crippen molar-refractivity contribution in [3.63, 3.8) is 0 Å². The molecule has 2 N–H and O–H groups in total. The molecule has 0 unspecified atom stereocenters. The molecule has 2 bridgehead atoms. The van der Waals surface area contributed by atoms with Crippen molar-refractivity contribution in [3.05, 3.63) is 29.8 Å². The van der Waals surface area contributed by atoms with Gasteiger partial charge in [0.25, 0.3) is 5.91 Å². The standard InChI is InChI=1S/C20H26N4O3S/c1-19(2)15-9-10-20(19,3)17(13-15)23-24-18(25)14-5-7-16(8-6-14)28(26,27)22-12-4-11-21/h5-8,15,22H,4,9-10,12-13H2,1-3H3,(H,24,25)/b23-17+/t15-,20-/m1/s1. The number of rotatable bonds is 6. The largest absolute Gasteiger partial charge is 0.271 e. The summed E-state index contributed by atoms with van der Waals surface area (Å²) in [5, 5.41) is 12.9. The highest BCUT2D eigenvalue weighted by molar-refractivity contribution is 7.89. The van der Waals surface area contributed by atoms with Crippen LogP contribution in [0.1, 0.15) is 56.8 Å². The Morgan fingerprint density at radius 1 is 1.29 bits per heavy atom. The van der Waals surface area contributed by atoms with E-state index in [1.807, 2.05) is 6.07 Å². The number of sulfonamides is 1. The van der Waals surface area contributed by atoms with E-state index in [2.05, 4.69) is 36.0 Å². The highest BCUT2D eigenvalue weighted by atomic mass is 32.2. The Morgan fingerprint density at radius 2 is 1.96 bits per heavy atom. The quantitative estimate of drug-likeness (QED) is 0.563. The molecule has 1 amide bonds. The molecule has 0 aliphatic heterocycles. The number of carbonyl (C=O) groups is 1. The van der Waals surface area contributed by atoms with Crippen LogP contribution in [0, 0.1) is 28.1 Å². The van der Waals surface area contributed by atoms with Gasteiger partial charge in [0.2, 0.25) is 10.0 Å². The summed E-state index contributed by atoms with van der Waals surface area (Å²) in [6.45, 7) is 6.83. The normalized spacial score (nSPS) is 26.9. The fourth-order valence-electron chi connectivity index (χ4n) is 4.39. The smallest absolute Gasteiger partial charge is 0.267 e. The molecule has 2 aliphatic carbocycles. The first-order valence-corrected chi connectivity index (χ1v) is 10.9. The fourth-order valence-corrected chi connectivity index (χ4v) is 5.42. The molecular weight excluding hydrogens is 376 g/mol. The van der Waals surface area contributed by atoms with Crippen LogP contribution < -0.4 is 10.1 Å². The minimum absolute atomic E-state index is 0.0119. The Balaban J connectivity index is 1.67. The summed E-state index contributed by atoms with van der Waals surface area (Å²) in [7, 11) is -3.69. The summed E-state index contributed by atoms with van der Waals surface area (Å²) in [6.07, 6.45) is 3.30. The van der Waals surface area contributed by atoms with Crippen LogP contribution in [-0.4, -0.2) is 26.6 Å². The lowest BCUT2D eigenvalue weighted by Gasteiger charge is -2.34. The molecule has 1 aromatic carbocycles. The predicted molar refractivity (Wildman–Crippen MR) is 106 cm³/mol. The molecule has 2 saturated carbocycles. The Morgan fingerprint density at radius 3 is 2.50 bits per heavy atom. The molecule has 2 aliphatic rings. The third-order valence-corrected chi connectivity index (χ3v) is 8.24. The van der Waals surface area contributed by atoms with Gasteiger partial charge in [0.15, 0.2) is 0 Å². The number of nitrogens with one attached hydrogen (secondary N) is 2. The maximum atomic E-state index is 12.4. The van der Waals surface area contributed by atoms with E-state index in [0.717, 1.165) is 18.6 Å². The fraction of sp³-hybridized carbons (Fsp3) is 0.550. The van der Waals surface area contributed by atoms with Gasteiger partial charge in [-0.05, 0) is 54.9 Å². The third-order valence-electron chi connectivity index (χ3n) is 6.76. The maximum absolute atomic E-state index is 12.4. The average molecular weight is 403 g/mol. The zero-order valence-electron chi connectivity index (χ0n) is 16.4. The third kappa shape index (κ3) is 3.45. The number of fused-ring (bicyclic) bond motifs is 2. The Bertz CT molecular complexity index is 945. The molecule has 28 heavy (non-hydrogen) atoms. The van der Waals surface area contributed by atoms with Gasteiger partial charge in [0.1, 0.15) is 0 Å². The van der Waals surface area contributed by atoms with Gasteiger partial charge in [-0.2, -0.15) is 10.4 Å². The van der Waals surface area contributed by atoms with Gasteiger partial charge in [0, 0.05) is 29.7 Å². The van der Waals surface area contributed by atoms with E-state index in [1.54, 1.807) is 0 Å². The SMILES string of the molecule is CC1(C)[C@@H]2CC[C@]1(C)/C(=N/NC(=O)c1ccc(S(=O)(=O)NCCC#N)cc1)C2. The molecule has 0 radical (unpaired) electrons. The van der Waals surface area contributed by atoms with Crippen molar-refractivity contribution < 1.29 is 13.2 Å². The van der Waals surface area contributed by atoms with Crippen LogP contribution >= 0.6 is 0 Å². The van der Waals surface area contributed by atoms with E-state index >= 15 is 0 Å². The van der Waals surface area contributed by atoms with Crippen LogP contribution in [0.15, 0.2) is 34.3 Å². The second-order valence-electron chi connectivity index (χ2n) is 8.32. The molecule has 0 saturated heterocycles. The van der Waals surface area contributed by atoms with E-state index in [0.29, 0.717) is 11.5 Å². The highest BCUT2D eigenvalue weighted by Crippen LogP contribution is 2.63. The van der Waals surface area contributed by atoms with Gasteiger partial charge in [-0.3, -0.25) is 4.79 Å². The zero-order chi connectivity index (χ0) is 20.6. The minimum atomic E-state index is -3.69. The van der Waals surface area contributed by atoms with Crippen molar-refractivity contribution >= 4 is 21.6 Å². The van der Waals surface area contributed by atoms with Crippen molar-refractivity contribution in [1.29, 1.82) is 5.26 Å². The molecule has 2 atom stereocenters. The van der Waals surface area contributed by atoms with E-state index in [-0.39, 0.29) is 34.6 Å². The highest BCUT2D eigenvalue weighted by Gasteiger charge is 2.60. The lowest BCUT2D eigenvalue weighted by molar-refractivity contribution is 0.0953. The van der Waals surface area contributed by atoms with Crippen molar-refractivity contribution in [1.82, 2.24) is 10.1 Å². The van der Waals surface area contributed by atoms with Crippen molar-refractivity contribution in [2.75, 3.05) is 6.54 Å². The van der Waals surface area contributed by atoms with Crippen molar-refractivity contribution in [2.45, 2.75) is 51.3 Å². The summed E-state index contributed by atoms with van der Waals surface area (Å²) < 4.78 is 26.6. The lowest BCUT2D eigenvalue weighted by Crippen LogP contribution is -2.34. The number of benzene rings is 1. The van der Waals surface area contributed by atoms with Gasteiger partial charge >= 0.3 is 0 Å². The molecular formula is C20H26N4O3S. The first kappa shape index (κ1) is 20.5. The molecule has 150 valence electrons. The second kappa shape index (κ2) is 7.30. The first-order valence-electron chi connectivity index (χ1n) is 9.46. The topological polar surface area (TPSA) is 111 Å². The van der Waals surface area contributed by atoms with Crippen LogP contribution in [0.25, 0.3) is 0 Å². The number of nitriles is 1. The maximum Gasteiger partial charge on any atom is 0.271 e. The van der Waals surface area contributed by atoms with E-state index in [9.17, 15) is 13.2 Å². The van der Waals surface area contributed by atoms with Crippen LogP contribution in [0.4, 0.5) is 0 Å². The number of amides is 1. The second-order valence-corrected chi connectivity index (χ2v) is 10.1. The minimum Gasteiger partial charge on any atom is -0.267 e. The lowest BCUT2D eigenvalue weighted by atomic mass is 9.70. The van der Waals surface area contributed by atoms with E-state index in [4.69, 9.17) is 5.26 Å². The summed E-state index contributed by atoms with van der Waals surface area (Å²) in [5.74, 6) is 0.240. The first-order chi connectivity index (χ1) is 13.1. The molecule has 0 spiro atoms. The number of hydrogen-bond acceptors (Lipinski definition) is 5. The van der Waals surface area contributed by atoms with Gasteiger partial charge in [0.05, 0.1) is 11.0 Å². The summed E-state index contributed by atoms with van der Waals surface area (Å²) >= 11 is 0. The van der Waals surface area contributed by atoms with Gasteiger partial charge in [-0.15, -0.1) is 0 Å². The number of carbonyl (C=O) groups excluding carboxylic acids is 1. The average Bonchev–Trinajstić information content (AvgIpc) is 2.99. The van der Waals surface area contributed by atoms with Crippen LogP contribution in [-0.2, 0) is 10.0 Å². The van der Waals surface area contributed by atoms with Crippen LogP contribution in [0.5, 0.6) is 0 Å². The summed E-state index contributed by atoms with van der Waals surface area (Å²) in [6, 6.07) is 7.54. The molecule has 3 rings (SSSR count).